The van der Waals surface area contributed by atoms with Gasteiger partial charge >= 0.3 is 0 Å². The van der Waals surface area contributed by atoms with Gasteiger partial charge in [-0.3, -0.25) is 0 Å². The maximum atomic E-state index is 13.1. The Morgan fingerprint density at radius 2 is 2.16 bits per heavy atom. The van der Waals surface area contributed by atoms with E-state index in [0.29, 0.717) is 5.92 Å². The normalized spacial score (nSPS) is 16.7. The molecular formula is C15H17FN2S. The molecule has 1 aromatic heterocycles. The first-order valence-corrected chi connectivity index (χ1v) is 7.52. The molecule has 0 amide bonds. The lowest BCUT2D eigenvalue weighted by atomic mass is 9.99. The third kappa shape index (κ3) is 3.19. The van der Waals surface area contributed by atoms with E-state index in [-0.39, 0.29) is 5.82 Å². The van der Waals surface area contributed by atoms with E-state index in [1.54, 1.807) is 23.5 Å². The van der Waals surface area contributed by atoms with Crippen LogP contribution in [0.2, 0.25) is 0 Å². The zero-order valence-corrected chi connectivity index (χ0v) is 11.5. The van der Waals surface area contributed by atoms with E-state index < -0.39 is 0 Å². The summed E-state index contributed by atoms with van der Waals surface area (Å²) >= 11 is 1.78. The smallest absolute Gasteiger partial charge is 0.123 e. The molecule has 1 saturated heterocycles. The Morgan fingerprint density at radius 1 is 1.32 bits per heavy atom. The summed E-state index contributed by atoms with van der Waals surface area (Å²) in [5, 5.41) is 4.62. The molecule has 2 aromatic rings. The summed E-state index contributed by atoms with van der Waals surface area (Å²) in [5.41, 5.74) is 1.01. The monoisotopic (exact) mass is 276 g/mol. The molecule has 0 aliphatic carbocycles. The third-order valence-electron chi connectivity index (χ3n) is 3.53. The Morgan fingerprint density at radius 3 is 2.95 bits per heavy atom. The minimum absolute atomic E-state index is 0.166. The van der Waals surface area contributed by atoms with Gasteiger partial charge in [0.25, 0.3) is 0 Å². The number of hydrogen-bond acceptors (Lipinski definition) is 3. The van der Waals surface area contributed by atoms with Crippen LogP contribution in [0.25, 0.3) is 0 Å². The summed E-state index contributed by atoms with van der Waals surface area (Å²) in [7, 11) is 0. The molecule has 19 heavy (non-hydrogen) atoms. The van der Waals surface area contributed by atoms with Crippen molar-refractivity contribution in [2.75, 3.05) is 13.1 Å². The van der Waals surface area contributed by atoms with Crippen LogP contribution in [0, 0.1) is 5.82 Å². The van der Waals surface area contributed by atoms with Gasteiger partial charge in [-0.1, -0.05) is 12.1 Å². The number of rotatable bonds is 3. The fraction of sp³-hybridized carbons (Fsp3) is 0.400. The van der Waals surface area contributed by atoms with Gasteiger partial charge in [0.15, 0.2) is 0 Å². The average molecular weight is 276 g/mol. The van der Waals surface area contributed by atoms with Crippen LogP contribution in [-0.2, 0) is 6.42 Å². The summed E-state index contributed by atoms with van der Waals surface area (Å²) in [6.45, 7) is 2.17. The average Bonchev–Trinajstić information content (AvgIpc) is 2.88. The van der Waals surface area contributed by atoms with Crippen molar-refractivity contribution < 1.29 is 4.39 Å². The molecule has 3 rings (SSSR count). The van der Waals surface area contributed by atoms with E-state index in [9.17, 15) is 4.39 Å². The highest BCUT2D eigenvalue weighted by Gasteiger charge is 2.18. The van der Waals surface area contributed by atoms with Gasteiger partial charge in [0.1, 0.15) is 5.82 Å². The highest BCUT2D eigenvalue weighted by atomic mass is 32.1. The second kappa shape index (κ2) is 5.80. The zero-order valence-electron chi connectivity index (χ0n) is 10.7. The van der Waals surface area contributed by atoms with Crippen molar-refractivity contribution in [3.05, 3.63) is 51.7 Å². The van der Waals surface area contributed by atoms with Gasteiger partial charge in [-0.2, -0.15) is 0 Å². The molecule has 1 fully saturated rings. The number of nitrogens with one attached hydrogen (secondary N) is 1. The molecule has 1 aliphatic heterocycles. The first-order chi connectivity index (χ1) is 9.31. The standard InChI is InChI=1S/C15H17FN2S/c16-13-3-1-2-11(8-13)9-14-10-18-15(19-14)12-4-6-17-7-5-12/h1-3,8,10,12,17H,4-7,9H2. The lowest BCUT2D eigenvalue weighted by Gasteiger charge is -2.20. The SMILES string of the molecule is Fc1cccc(Cc2cnc(C3CCNCC3)s2)c1. The lowest BCUT2D eigenvalue weighted by molar-refractivity contribution is 0.459. The number of piperidine rings is 1. The molecule has 100 valence electrons. The predicted octanol–water partition coefficient (Wildman–Crippen LogP) is 3.34. The molecule has 0 bridgehead atoms. The summed E-state index contributed by atoms with van der Waals surface area (Å²) in [6.07, 6.45) is 5.08. The highest BCUT2D eigenvalue weighted by Crippen LogP contribution is 2.29. The van der Waals surface area contributed by atoms with Gasteiger partial charge in [-0.15, -0.1) is 11.3 Å². The number of thiazole rings is 1. The van der Waals surface area contributed by atoms with Gasteiger partial charge < -0.3 is 5.32 Å². The maximum Gasteiger partial charge on any atom is 0.123 e. The molecule has 0 saturated carbocycles. The van der Waals surface area contributed by atoms with Crippen LogP contribution < -0.4 is 5.32 Å². The van der Waals surface area contributed by atoms with Gasteiger partial charge in [0.05, 0.1) is 5.01 Å². The third-order valence-corrected chi connectivity index (χ3v) is 4.69. The van der Waals surface area contributed by atoms with Crippen LogP contribution >= 0.6 is 11.3 Å². The second-order valence-corrected chi connectivity index (χ2v) is 6.14. The molecule has 1 aliphatic rings. The number of aromatic nitrogens is 1. The van der Waals surface area contributed by atoms with Crippen molar-refractivity contribution in [1.29, 1.82) is 0 Å². The van der Waals surface area contributed by atoms with Crippen LogP contribution in [0.5, 0.6) is 0 Å². The summed E-state index contributed by atoms with van der Waals surface area (Å²) in [6, 6.07) is 6.81. The zero-order chi connectivity index (χ0) is 13.1. The van der Waals surface area contributed by atoms with Gasteiger partial charge in [0.2, 0.25) is 0 Å². The van der Waals surface area contributed by atoms with E-state index in [2.05, 4.69) is 10.3 Å². The van der Waals surface area contributed by atoms with Crippen LogP contribution in [0.3, 0.4) is 0 Å². The molecule has 0 spiro atoms. The second-order valence-electron chi connectivity index (χ2n) is 5.00. The topological polar surface area (TPSA) is 24.9 Å². The molecule has 2 heterocycles. The van der Waals surface area contributed by atoms with Crippen molar-refractivity contribution in [2.45, 2.75) is 25.2 Å². The summed E-state index contributed by atoms with van der Waals surface area (Å²) < 4.78 is 13.1. The number of hydrogen-bond donors (Lipinski definition) is 1. The van der Waals surface area contributed by atoms with Crippen LogP contribution in [0.4, 0.5) is 4.39 Å². The van der Waals surface area contributed by atoms with Crippen molar-refractivity contribution in [1.82, 2.24) is 10.3 Å². The Balaban J connectivity index is 1.70. The molecule has 0 unspecified atom stereocenters. The fourth-order valence-corrected chi connectivity index (χ4v) is 3.63. The first-order valence-electron chi connectivity index (χ1n) is 6.71. The molecule has 1 N–H and O–H groups in total. The highest BCUT2D eigenvalue weighted by molar-refractivity contribution is 7.11. The van der Waals surface area contributed by atoms with E-state index in [0.717, 1.165) is 25.1 Å². The first kappa shape index (κ1) is 12.8. The van der Waals surface area contributed by atoms with Crippen molar-refractivity contribution >= 4 is 11.3 Å². The largest absolute Gasteiger partial charge is 0.317 e. The molecule has 2 nitrogen and oxygen atoms in total. The minimum atomic E-state index is -0.166. The summed E-state index contributed by atoms with van der Waals surface area (Å²) in [4.78, 5) is 5.78. The molecule has 0 radical (unpaired) electrons. The van der Waals surface area contributed by atoms with Crippen molar-refractivity contribution in [2.24, 2.45) is 0 Å². The number of nitrogens with zero attached hydrogens (tertiary/aromatic N) is 1. The summed E-state index contributed by atoms with van der Waals surface area (Å²) in [5.74, 6) is 0.438. The van der Waals surface area contributed by atoms with Gasteiger partial charge in [0, 0.05) is 23.4 Å². The van der Waals surface area contributed by atoms with E-state index in [1.165, 1.54) is 28.8 Å². The molecule has 4 heteroatoms. The fourth-order valence-electron chi connectivity index (χ4n) is 2.51. The lowest BCUT2D eigenvalue weighted by Crippen LogP contribution is -2.26. The van der Waals surface area contributed by atoms with Gasteiger partial charge in [-0.25, -0.2) is 9.37 Å². The Hall–Kier alpha value is -1.26. The van der Waals surface area contributed by atoms with E-state index in [1.807, 2.05) is 12.3 Å². The minimum Gasteiger partial charge on any atom is -0.317 e. The van der Waals surface area contributed by atoms with E-state index in [4.69, 9.17) is 0 Å². The molecule has 1 aromatic carbocycles. The van der Waals surface area contributed by atoms with Crippen LogP contribution in [-0.4, -0.2) is 18.1 Å². The van der Waals surface area contributed by atoms with Crippen LogP contribution in [0.1, 0.15) is 34.2 Å². The van der Waals surface area contributed by atoms with E-state index >= 15 is 0 Å². The quantitative estimate of drug-likeness (QED) is 0.930. The Bertz CT molecular complexity index is 547. The number of halogens is 1. The maximum absolute atomic E-state index is 13.1. The Kier molecular flexibility index (Phi) is 3.89. The van der Waals surface area contributed by atoms with Crippen molar-refractivity contribution in [3.8, 4) is 0 Å². The Labute approximate surface area is 116 Å². The predicted molar refractivity (Wildman–Crippen MR) is 76.2 cm³/mol. The van der Waals surface area contributed by atoms with Crippen molar-refractivity contribution in [3.63, 3.8) is 0 Å². The van der Waals surface area contributed by atoms with Crippen LogP contribution in [0.15, 0.2) is 30.5 Å². The molecular weight excluding hydrogens is 259 g/mol. The number of benzene rings is 1. The van der Waals surface area contributed by atoms with Gasteiger partial charge in [-0.05, 0) is 43.6 Å². The molecule has 0 atom stereocenters.